The van der Waals surface area contributed by atoms with Crippen LogP contribution in [0.5, 0.6) is 5.75 Å². The third kappa shape index (κ3) is 4.19. The average Bonchev–Trinajstić information content (AvgIpc) is 2.34. The third-order valence-electron chi connectivity index (χ3n) is 2.42. The molecule has 0 amide bonds. The van der Waals surface area contributed by atoms with E-state index in [0.717, 1.165) is 0 Å². The van der Waals surface area contributed by atoms with Crippen LogP contribution in [-0.4, -0.2) is 33.2 Å². The van der Waals surface area contributed by atoms with Gasteiger partial charge >= 0.3 is 0 Å². The maximum Gasteiger partial charge on any atom is 0.255 e. The van der Waals surface area contributed by atoms with Crippen LogP contribution in [-0.2, 0) is 0 Å². The normalized spacial score (nSPS) is 10.6. The number of hydrogen-bond donors (Lipinski definition) is 1. The summed E-state index contributed by atoms with van der Waals surface area (Å²) in [6, 6.07) is 7.15. The zero-order valence-corrected chi connectivity index (χ0v) is 9.90. The lowest BCUT2D eigenvalue weighted by molar-refractivity contribution is 0.154. The number of halogens is 2. The van der Waals surface area contributed by atoms with Gasteiger partial charge in [0.15, 0.2) is 0 Å². The van der Waals surface area contributed by atoms with Crippen LogP contribution in [0.3, 0.4) is 0 Å². The van der Waals surface area contributed by atoms with E-state index in [2.05, 4.69) is 0 Å². The lowest BCUT2D eigenvalue weighted by Gasteiger charge is -2.25. The molecule has 0 fully saturated rings. The van der Waals surface area contributed by atoms with E-state index in [0.29, 0.717) is 30.9 Å². The van der Waals surface area contributed by atoms with Crippen LogP contribution >= 0.6 is 0 Å². The van der Waals surface area contributed by atoms with E-state index in [1.807, 2.05) is 6.07 Å². The van der Waals surface area contributed by atoms with Crippen molar-refractivity contribution in [3.63, 3.8) is 0 Å². The van der Waals surface area contributed by atoms with Gasteiger partial charge < -0.3 is 15.4 Å². The minimum Gasteiger partial charge on any atom is -0.495 e. The molecule has 17 heavy (non-hydrogen) atoms. The molecule has 0 saturated heterocycles. The molecule has 96 valence electrons. The second kappa shape index (κ2) is 7.06. The van der Waals surface area contributed by atoms with Crippen molar-refractivity contribution in [3.8, 4) is 5.75 Å². The number of alkyl halides is 2. The average molecular weight is 244 g/mol. The summed E-state index contributed by atoms with van der Waals surface area (Å²) in [5.41, 5.74) is 6.09. The quantitative estimate of drug-likeness (QED) is 0.798. The topological polar surface area (TPSA) is 38.5 Å². The first-order chi connectivity index (χ1) is 8.19. The molecule has 0 radical (unpaired) electrons. The Kier molecular flexibility index (Phi) is 5.69. The molecule has 1 rings (SSSR count). The Morgan fingerprint density at radius 1 is 1.35 bits per heavy atom. The molecule has 0 aliphatic carbocycles. The predicted molar refractivity (Wildman–Crippen MR) is 64.9 cm³/mol. The molecule has 5 heteroatoms. The SMILES string of the molecule is COc1ccccc1N(CCCN)CC(F)F. The molecular formula is C12H18F2N2O. The number of nitrogens with zero attached hydrogens (tertiary/aromatic N) is 1. The number of rotatable bonds is 7. The fourth-order valence-electron chi connectivity index (χ4n) is 1.65. The number of methoxy groups -OCH3 is 1. The predicted octanol–water partition coefficient (Wildman–Crippen LogP) is 2.12. The summed E-state index contributed by atoms with van der Waals surface area (Å²) in [5.74, 6) is 0.602. The third-order valence-corrected chi connectivity index (χ3v) is 2.42. The van der Waals surface area contributed by atoms with Gasteiger partial charge in [0.25, 0.3) is 6.43 Å². The summed E-state index contributed by atoms with van der Waals surface area (Å²) in [4.78, 5) is 1.61. The zero-order valence-electron chi connectivity index (χ0n) is 9.90. The standard InChI is InChI=1S/C12H18F2N2O/c1-17-11-6-3-2-5-10(11)16(8-4-7-15)9-12(13)14/h2-3,5-6,12H,4,7-9,15H2,1H3. The van der Waals surface area contributed by atoms with E-state index in [-0.39, 0.29) is 6.54 Å². The van der Waals surface area contributed by atoms with Crippen LogP contribution in [0.1, 0.15) is 6.42 Å². The highest BCUT2D eigenvalue weighted by Gasteiger charge is 2.15. The lowest BCUT2D eigenvalue weighted by Crippen LogP contribution is -2.31. The first-order valence-electron chi connectivity index (χ1n) is 5.55. The van der Waals surface area contributed by atoms with Gasteiger partial charge in [0.1, 0.15) is 5.75 Å². The van der Waals surface area contributed by atoms with Gasteiger partial charge in [-0.2, -0.15) is 0 Å². The van der Waals surface area contributed by atoms with Crippen molar-refractivity contribution in [2.24, 2.45) is 5.73 Å². The van der Waals surface area contributed by atoms with Crippen LogP contribution in [0.2, 0.25) is 0 Å². The van der Waals surface area contributed by atoms with Crippen LogP contribution in [0.15, 0.2) is 24.3 Å². The van der Waals surface area contributed by atoms with Crippen molar-refractivity contribution in [2.45, 2.75) is 12.8 Å². The van der Waals surface area contributed by atoms with E-state index in [4.69, 9.17) is 10.5 Å². The van der Waals surface area contributed by atoms with E-state index in [9.17, 15) is 8.78 Å². The number of benzene rings is 1. The van der Waals surface area contributed by atoms with E-state index >= 15 is 0 Å². The molecule has 0 bridgehead atoms. The number of para-hydroxylation sites is 2. The van der Waals surface area contributed by atoms with Crippen molar-refractivity contribution in [3.05, 3.63) is 24.3 Å². The van der Waals surface area contributed by atoms with E-state index < -0.39 is 6.43 Å². The minimum atomic E-state index is -2.38. The molecule has 0 heterocycles. The van der Waals surface area contributed by atoms with Crippen molar-refractivity contribution >= 4 is 5.69 Å². The maximum absolute atomic E-state index is 12.5. The Labute approximate surface area is 100 Å². The monoisotopic (exact) mass is 244 g/mol. The summed E-state index contributed by atoms with van der Waals surface area (Å²) in [6.07, 6.45) is -1.71. The van der Waals surface area contributed by atoms with Gasteiger partial charge in [0, 0.05) is 6.54 Å². The number of hydrogen-bond acceptors (Lipinski definition) is 3. The van der Waals surface area contributed by atoms with Crippen molar-refractivity contribution in [2.75, 3.05) is 31.6 Å². The van der Waals surface area contributed by atoms with Crippen molar-refractivity contribution < 1.29 is 13.5 Å². The molecule has 1 aromatic carbocycles. The van der Waals surface area contributed by atoms with Crippen LogP contribution in [0.25, 0.3) is 0 Å². The number of ether oxygens (including phenoxy) is 1. The number of nitrogens with two attached hydrogens (primary N) is 1. The summed E-state index contributed by atoms with van der Waals surface area (Å²) < 4.78 is 30.2. The van der Waals surface area contributed by atoms with E-state index in [1.54, 1.807) is 23.1 Å². The van der Waals surface area contributed by atoms with Gasteiger partial charge in [-0.3, -0.25) is 0 Å². The molecule has 0 aliphatic rings. The van der Waals surface area contributed by atoms with Crippen molar-refractivity contribution in [1.82, 2.24) is 0 Å². The van der Waals surface area contributed by atoms with Gasteiger partial charge in [-0.1, -0.05) is 12.1 Å². The summed E-state index contributed by atoms with van der Waals surface area (Å²) in [6.45, 7) is 0.677. The van der Waals surface area contributed by atoms with Crippen molar-refractivity contribution in [1.29, 1.82) is 0 Å². The molecule has 0 aliphatic heterocycles. The highest BCUT2D eigenvalue weighted by molar-refractivity contribution is 5.58. The summed E-state index contributed by atoms with van der Waals surface area (Å²) >= 11 is 0. The van der Waals surface area contributed by atoms with Gasteiger partial charge in [-0.15, -0.1) is 0 Å². The Morgan fingerprint density at radius 2 is 2.06 bits per heavy atom. The largest absolute Gasteiger partial charge is 0.495 e. The molecular weight excluding hydrogens is 226 g/mol. The lowest BCUT2D eigenvalue weighted by atomic mass is 10.2. The smallest absolute Gasteiger partial charge is 0.255 e. The van der Waals surface area contributed by atoms with Crippen LogP contribution in [0.4, 0.5) is 14.5 Å². The molecule has 0 saturated carbocycles. The zero-order chi connectivity index (χ0) is 12.7. The molecule has 0 aromatic heterocycles. The van der Waals surface area contributed by atoms with Gasteiger partial charge in [0.2, 0.25) is 0 Å². The Morgan fingerprint density at radius 3 is 2.65 bits per heavy atom. The maximum atomic E-state index is 12.5. The second-order valence-corrected chi connectivity index (χ2v) is 3.65. The summed E-state index contributed by atoms with van der Waals surface area (Å²) in [5, 5.41) is 0. The Balaban J connectivity index is 2.86. The van der Waals surface area contributed by atoms with Crippen LogP contribution < -0.4 is 15.4 Å². The van der Waals surface area contributed by atoms with Gasteiger partial charge in [0.05, 0.1) is 19.3 Å². The first-order valence-corrected chi connectivity index (χ1v) is 5.55. The van der Waals surface area contributed by atoms with Crippen LogP contribution in [0, 0.1) is 0 Å². The molecule has 1 aromatic rings. The fourth-order valence-corrected chi connectivity index (χ4v) is 1.65. The first kappa shape index (κ1) is 13.7. The number of anilines is 1. The van der Waals surface area contributed by atoms with Gasteiger partial charge in [-0.25, -0.2) is 8.78 Å². The van der Waals surface area contributed by atoms with Gasteiger partial charge in [-0.05, 0) is 25.1 Å². The summed E-state index contributed by atoms with van der Waals surface area (Å²) in [7, 11) is 1.53. The molecule has 0 atom stereocenters. The Bertz CT molecular complexity index is 334. The minimum absolute atomic E-state index is 0.305. The molecule has 0 unspecified atom stereocenters. The molecule has 2 N–H and O–H groups in total. The van der Waals surface area contributed by atoms with E-state index in [1.165, 1.54) is 7.11 Å². The highest BCUT2D eigenvalue weighted by atomic mass is 19.3. The highest BCUT2D eigenvalue weighted by Crippen LogP contribution is 2.28. The molecule has 0 spiro atoms. The second-order valence-electron chi connectivity index (χ2n) is 3.65. The molecule has 3 nitrogen and oxygen atoms in total. The Hall–Kier alpha value is -1.36. The fraction of sp³-hybridized carbons (Fsp3) is 0.500.